The molecule has 0 aromatic carbocycles. The molecule has 2 atom stereocenters. The van der Waals surface area contributed by atoms with E-state index in [-0.39, 0.29) is 30.2 Å². The van der Waals surface area contributed by atoms with Crippen LogP contribution in [0.3, 0.4) is 0 Å². The van der Waals surface area contributed by atoms with Crippen molar-refractivity contribution >= 4 is 11.7 Å². The summed E-state index contributed by atoms with van der Waals surface area (Å²) >= 11 is 0. The molecule has 0 aliphatic heterocycles. The zero-order valence-corrected chi connectivity index (χ0v) is 9.39. The molecule has 0 saturated carbocycles. The van der Waals surface area contributed by atoms with Gasteiger partial charge >= 0.3 is 0 Å². The molecular weight excluding hydrogens is 180 g/mol. The molecule has 0 fully saturated rings. The molecule has 4 heteroatoms. The van der Waals surface area contributed by atoms with Crippen LogP contribution in [0.25, 0.3) is 0 Å². The molecule has 0 rings (SSSR count). The summed E-state index contributed by atoms with van der Waals surface area (Å²) in [5.41, 5.74) is 0. The fraction of sp³-hybridized carbons (Fsp3) is 0.800. The Morgan fingerprint density at radius 3 is 2.29 bits per heavy atom. The second-order valence-corrected chi connectivity index (χ2v) is 3.57. The van der Waals surface area contributed by atoms with Gasteiger partial charge in [0.1, 0.15) is 0 Å². The minimum absolute atomic E-state index is 0.0174. The second kappa shape index (κ2) is 6.54. The normalized spacial score (nSPS) is 14.6. The summed E-state index contributed by atoms with van der Waals surface area (Å²) in [7, 11) is 1.70. The number of rotatable bonds is 6. The number of carbonyl (C=O) groups is 2. The van der Waals surface area contributed by atoms with Gasteiger partial charge in [0.05, 0.1) is 12.6 Å². The predicted molar refractivity (Wildman–Crippen MR) is 56.0 cm³/mol. The fourth-order valence-corrected chi connectivity index (χ4v) is 1.27. The molecule has 1 amide bonds. The van der Waals surface area contributed by atoms with E-state index in [4.69, 9.17) is 0 Å². The molecule has 0 radical (unpaired) electrons. The lowest BCUT2D eigenvalue weighted by atomic mass is 9.96. The molecule has 0 aromatic heterocycles. The quantitative estimate of drug-likeness (QED) is 0.649. The van der Waals surface area contributed by atoms with Crippen LogP contribution in [0, 0.1) is 5.92 Å². The smallest absolute Gasteiger partial charge is 0.234 e. The van der Waals surface area contributed by atoms with Gasteiger partial charge in [0.15, 0.2) is 5.78 Å². The van der Waals surface area contributed by atoms with E-state index in [2.05, 4.69) is 10.6 Å². The van der Waals surface area contributed by atoms with E-state index in [0.717, 1.165) is 6.42 Å². The van der Waals surface area contributed by atoms with E-state index in [9.17, 15) is 9.59 Å². The van der Waals surface area contributed by atoms with Crippen molar-refractivity contribution in [2.75, 3.05) is 13.6 Å². The fourth-order valence-electron chi connectivity index (χ4n) is 1.27. The maximum absolute atomic E-state index is 11.3. The number of hydrogen-bond acceptors (Lipinski definition) is 3. The van der Waals surface area contributed by atoms with Crippen molar-refractivity contribution in [2.24, 2.45) is 5.92 Å². The summed E-state index contributed by atoms with van der Waals surface area (Å²) in [6, 6.07) is -0.346. The highest BCUT2D eigenvalue weighted by Crippen LogP contribution is 2.08. The van der Waals surface area contributed by atoms with Crippen LogP contribution in [-0.4, -0.2) is 31.3 Å². The van der Waals surface area contributed by atoms with Crippen molar-refractivity contribution in [2.45, 2.75) is 33.2 Å². The van der Waals surface area contributed by atoms with Crippen LogP contribution in [-0.2, 0) is 9.59 Å². The molecular formula is C10H20N2O2. The summed E-state index contributed by atoms with van der Waals surface area (Å²) in [5.74, 6) is 0.0742. The van der Waals surface area contributed by atoms with Crippen LogP contribution >= 0.6 is 0 Å². The van der Waals surface area contributed by atoms with Gasteiger partial charge in [-0.2, -0.15) is 0 Å². The Balaban J connectivity index is 4.23. The summed E-state index contributed by atoms with van der Waals surface area (Å²) in [6.45, 7) is 5.73. The van der Waals surface area contributed by atoms with E-state index in [1.165, 1.54) is 6.92 Å². The first kappa shape index (κ1) is 13.1. The monoisotopic (exact) mass is 200 g/mol. The van der Waals surface area contributed by atoms with Crippen molar-refractivity contribution in [3.8, 4) is 0 Å². The molecule has 82 valence electrons. The zero-order valence-electron chi connectivity index (χ0n) is 9.39. The maximum Gasteiger partial charge on any atom is 0.234 e. The Labute approximate surface area is 85.4 Å². The molecule has 4 nitrogen and oxygen atoms in total. The predicted octanol–water partition coefficient (Wildman–Crippen LogP) is 0.326. The van der Waals surface area contributed by atoms with E-state index in [1.807, 2.05) is 13.8 Å². The number of hydrogen-bond donors (Lipinski definition) is 2. The molecule has 0 aliphatic rings. The van der Waals surface area contributed by atoms with Gasteiger partial charge in [-0.05, 0) is 19.9 Å². The first-order chi connectivity index (χ1) is 6.52. The Morgan fingerprint density at radius 2 is 1.93 bits per heavy atom. The third-order valence-corrected chi connectivity index (χ3v) is 2.30. The lowest BCUT2D eigenvalue weighted by molar-refractivity contribution is -0.127. The van der Waals surface area contributed by atoms with Crippen LogP contribution < -0.4 is 10.6 Å². The lowest BCUT2D eigenvalue weighted by Crippen LogP contribution is -2.46. The van der Waals surface area contributed by atoms with Crippen molar-refractivity contribution in [3.63, 3.8) is 0 Å². The van der Waals surface area contributed by atoms with Crippen LogP contribution in [0.2, 0.25) is 0 Å². The van der Waals surface area contributed by atoms with Crippen LogP contribution in [0.5, 0.6) is 0 Å². The standard InChI is InChI=1S/C10H20N2O2/c1-5-7(2)10(8(3)13)12-9(14)6-11-4/h7,10-11H,5-6H2,1-4H3,(H,12,14)/t7?,10-/m1/s1. The van der Waals surface area contributed by atoms with Crippen molar-refractivity contribution in [1.82, 2.24) is 10.6 Å². The number of Topliss-reactive ketones (excluding diaryl/α,β-unsaturated/α-hetero) is 1. The first-order valence-corrected chi connectivity index (χ1v) is 4.97. The molecule has 0 heterocycles. The topological polar surface area (TPSA) is 58.2 Å². The summed E-state index contributed by atoms with van der Waals surface area (Å²) in [4.78, 5) is 22.5. The molecule has 0 bridgehead atoms. The second-order valence-electron chi connectivity index (χ2n) is 3.57. The van der Waals surface area contributed by atoms with Gasteiger partial charge in [0.25, 0.3) is 0 Å². The molecule has 0 aromatic rings. The number of nitrogens with one attached hydrogen (secondary N) is 2. The van der Waals surface area contributed by atoms with Gasteiger partial charge < -0.3 is 10.6 Å². The van der Waals surface area contributed by atoms with E-state index >= 15 is 0 Å². The Bertz CT molecular complexity index is 204. The van der Waals surface area contributed by atoms with E-state index in [0.29, 0.717) is 0 Å². The average Bonchev–Trinajstić information content (AvgIpc) is 2.13. The molecule has 2 N–H and O–H groups in total. The summed E-state index contributed by atoms with van der Waals surface area (Å²) < 4.78 is 0. The highest BCUT2D eigenvalue weighted by atomic mass is 16.2. The van der Waals surface area contributed by atoms with Gasteiger partial charge in [-0.25, -0.2) is 0 Å². The van der Waals surface area contributed by atoms with Crippen LogP contribution in [0.15, 0.2) is 0 Å². The highest BCUT2D eigenvalue weighted by molar-refractivity contribution is 5.88. The number of carbonyl (C=O) groups excluding carboxylic acids is 2. The minimum Gasteiger partial charge on any atom is -0.345 e. The van der Waals surface area contributed by atoms with Crippen molar-refractivity contribution in [1.29, 1.82) is 0 Å². The van der Waals surface area contributed by atoms with E-state index < -0.39 is 0 Å². The summed E-state index contributed by atoms with van der Waals surface area (Å²) in [6.07, 6.45) is 0.879. The molecule has 14 heavy (non-hydrogen) atoms. The number of ketones is 1. The Morgan fingerprint density at radius 1 is 1.36 bits per heavy atom. The number of likely N-dealkylation sites (N-methyl/N-ethyl adjacent to an activating group) is 1. The lowest BCUT2D eigenvalue weighted by Gasteiger charge is -2.21. The third-order valence-electron chi connectivity index (χ3n) is 2.30. The van der Waals surface area contributed by atoms with E-state index in [1.54, 1.807) is 7.05 Å². The SMILES string of the molecule is CCC(C)[C@@H](NC(=O)CNC)C(C)=O. The first-order valence-electron chi connectivity index (χ1n) is 4.97. The van der Waals surface area contributed by atoms with Gasteiger partial charge in [0.2, 0.25) is 5.91 Å². The highest BCUT2D eigenvalue weighted by Gasteiger charge is 2.21. The number of amides is 1. The average molecular weight is 200 g/mol. The minimum atomic E-state index is -0.346. The zero-order chi connectivity index (χ0) is 11.1. The molecule has 0 saturated heterocycles. The molecule has 0 aliphatic carbocycles. The largest absolute Gasteiger partial charge is 0.345 e. The Hall–Kier alpha value is -0.900. The maximum atomic E-state index is 11.3. The summed E-state index contributed by atoms with van der Waals surface area (Å²) in [5, 5.41) is 5.46. The van der Waals surface area contributed by atoms with Crippen molar-refractivity contribution < 1.29 is 9.59 Å². The third kappa shape index (κ3) is 4.37. The Kier molecular flexibility index (Phi) is 6.12. The van der Waals surface area contributed by atoms with Crippen molar-refractivity contribution in [3.05, 3.63) is 0 Å². The molecule has 1 unspecified atom stereocenters. The van der Waals surface area contributed by atoms with Gasteiger partial charge in [-0.15, -0.1) is 0 Å². The van der Waals surface area contributed by atoms with Gasteiger partial charge in [-0.1, -0.05) is 20.3 Å². The molecule has 0 spiro atoms. The van der Waals surface area contributed by atoms with Crippen LogP contribution in [0.4, 0.5) is 0 Å². The van der Waals surface area contributed by atoms with Gasteiger partial charge in [0, 0.05) is 0 Å². The van der Waals surface area contributed by atoms with Crippen LogP contribution in [0.1, 0.15) is 27.2 Å². The van der Waals surface area contributed by atoms with Gasteiger partial charge in [-0.3, -0.25) is 9.59 Å².